The minimum Gasteiger partial charge on any atom is -0.323 e. The molecule has 19 heavy (non-hydrogen) atoms. The van der Waals surface area contributed by atoms with Crippen molar-refractivity contribution in [1.29, 1.82) is 0 Å². The number of hydrogen-bond acceptors (Lipinski definition) is 3. The number of nitrogen functional groups attached to an aromatic ring is 1. The fourth-order valence-corrected chi connectivity index (χ4v) is 1.96. The summed E-state index contributed by atoms with van der Waals surface area (Å²) < 4.78 is 40.2. The lowest BCUT2D eigenvalue weighted by molar-refractivity contribution is 0.452. The minimum absolute atomic E-state index is 0.117. The van der Waals surface area contributed by atoms with Crippen molar-refractivity contribution in [3.05, 3.63) is 35.3 Å². The van der Waals surface area contributed by atoms with Crippen molar-refractivity contribution in [3.63, 3.8) is 0 Å². The average Bonchev–Trinajstić information content (AvgIpc) is 2.35. The van der Waals surface area contributed by atoms with E-state index in [1.807, 2.05) is 13.8 Å². The molecule has 6 heteroatoms. The Kier molecular flexibility index (Phi) is 3.61. The summed E-state index contributed by atoms with van der Waals surface area (Å²) in [6.45, 7) is 3.95. The molecule has 0 saturated carbocycles. The number of aromatic nitrogens is 1. The highest BCUT2D eigenvalue weighted by molar-refractivity contribution is 5.91. The van der Waals surface area contributed by atoms with Crippen LogP contribution in [-0.4, -0.2) is 4.98 Å². The summed E-state index contributed by atoms with van der Waals surface area (Å²) in [5.41, 5.74) is 3.03. The highest BCUT2D eigenvalue weighted by Gasteiger charge is 2.18. The molecular weight excluding hydrogens is 255 g/mol. The van der Waals surface area contributed by atoms with Gasteiger partial charge >= 0.3 is 0 Å². The summed E-state index contributed by atoms with van der Waals surface area (Å²) in [5, 5.41) is 0.117. The molecular formula is C13H14F3N3. The lowest BCUT2D eigenvalue weighted by atomic mass is 10.1. The van der Waals surface area contributed by atoms with Gasteiger partial charge < -0.3 is 5.43 Å². The van der Waals surface area contributed by atoms with Crippen molar-refractivity contribution in [2.75, 3.05) is 5.43 Å². The van der Waals surface area contributed by atoms with Crippen LogP contribution in [0.3, 0.4) is 0 Å². The Labute approximate surface area is 108 Å². The quantitative estimate of drug-likeness (QED) is 0.511. The maximum atomic E-state index is 13.7. The van der Waals surface area contributed by atoms with Gasteiger partial charge in [0.25, 0.3) is 0 Å². The Morgan fingerprint density at radius 1 is 1.21 bits per heavy atom. The van der Waals surface area contributed by atoms with Crippen molar-refractivity contribution < 1.29 is 13.2 Å². The molecule has 2 rings (SSSR count). The average molecular weight is 269 g/mol. The second kappa shape index (κ2) is 5.05. The Hall–Kier alpha value is -1.82. The molecule has 0 amide bonds. The molecule has 0 atom stereocenters. The van der Waals surface area contributed by atoms with Gasteiger partial charge in [-0.3, -0.25) is 5.84 Å². The van der Waals surface area contributed by atoms with E-state index in [1.165, 1.54) is 0 Å². The third-order valence-corrected chi connectivity index (χ3v) is 2.77. The zero-order valence-corrected chi connectivity index (χ0v) is 10.6. The number of halogens is 3. The van der Waals surface area contributed by atoms with Gasteiger partial charge in [0.05, 0.1) is 5.69 Å². The predicted octanol–water partition coefficient (Wildman–Crippen LogP) is 3.14. The first-order chi connectivity index (χ1) is 8.93. The number of benzene rings is 1. The Morgan fingerprint density at radius 2 is 1.89 bits per heavy atom. The van der Waals surface area contributed by atoms with Crippen molar-refractivity contribution in [2.45, 2.75) is 20.3 Å². The van der Waals surface area contributed by atoms with Crippen LogP contribution in [0.25, 0.3) is 10.9 Å². The van der Waals surface area contributed by atoms with Gasteiger partial charge in [-0.15, -0.1) is 0 Å². The Balaban J connectivity index is 2.74. The van der Waals surface area contributed by atoms with E-state index in [1.54, 1.807) is 6.07 Å². The van der Waals surface area contributed by atoms with E-state index in [0.29, 0.717) is 23.7 Å². The van der Waals surface area contributed by atoms with E-state index >= 15 is 0 Å². The molecule has 0 aliphatic rings. The Morgan fingerprint density at radius 3 is 2.47 bits per heavy atom. The summed E-state index contributed by atoms with van der Waals surface area (Å²) in [5.74, 6) is 1.55. The summed E-state index contributed by atoms with van der Waals surface area (Å²) in [6.07, 6.45) is 0.586. The van der Waals surface area contributed by atoms with Crippen LogP contribution in [0.15, 0.2) is 12.1 Å². The van der Waals surface area contributed by atoms with Crippen molar-refractivity contribution in [2.24, 2.45) is 11.8 Å². The SMILES string of the molecule is CC(C)Cc1cc(NN)c2cc(F)c(F)c(F)c2n1. The second-order valence-electron chi connectivity index (χ2n) is 4.79. The van der Waals surface area contributed by atoms with Gasteiger partial charge in [-0.05, 0) is 24.5 Å². The highest BCUT2D eigenvalue weighted by Crippen LogP contribution is 2.28. The second-order valence-corrected chi connectivity index (χ2v) is 4.79. The maximum Gasteiger partial charge on any atom is 0.196 e. The normalized spacial score (nSPS) is 11.3. The van der Waals surface area contributed by atoms with Crippen LogP contribution in [0.4, 0.5) is 18.9 Å². The number of nitrogens with two attached hydrogens (primary N) is 1. The molecule has 0 saturated heterocycles. The molecule has 2 aromatic rings. The van der Waals surface area contributed by atoms with Gasteiger partial charge in [-0.25, -0.2) is 18.2 Å². The molecule has 0 unspecified atom stereocenters. The highest BCUT2D eigenvalue weighted by atomic mass is 19.2. The largest absolute Gasteiger partial charge is 0.323 e. The molecule has 1 aromatic carbocycles. The number of fused-ring (bicyclic) bond motifs is 1. The summed E-state index contributed by atoms with van der Waals surface area (Å²) in [4.78, 5) is 4.05. The Bertz CT molecular complexity index is 626. The first-order valence-electron chi connectivity index (χ1n) is 5.87. The standard InChI is InChI=1S/C13H14F3N3/c1-6(2)3-7-4-10(19-17)8-5-9(14)11(15)12(16)13(8)18-7/h4-6H,3,17H2,1-2H3,(H,18,19). The van der Waals surface area contributed by atoms with Gasteiger partial charge in [0.15, 0.2) is 17.5 Å². The van der Waals surface area contributed by atoms with E-state index in [9.17, 15) is 13.2 Å². The number of hydrazine groups is 1. The molecule has 3 nitrogen and oxygen atoms in total. The lowest BCUT2D eigenvalue weighted by Gasteiger charge is -2.11. The number of nitrogens with zero attached hydrogens (tertiary/aromatic N) is 1. The summed E-state index contributed by atoms with van der Waals surface area (Å²) >= 11 is 0. The fraction of sp³-hybridized carbons (Fsp3) is 0.308. The molecule has 0 spiro atoms. The topological polar surface area (TPSA) is 50.9 Å². The van der Waals surface area contributed by atoms with Crippen LogP contribution in [0.5, 0.6) is 0 Å². The minimum atomic E-state index is -1.52. The molecule has 0 aliphatic heterocycles. The van der Waals surface area contributed by atoms with Crippen LogP contribution in [-0.2, 0) is 6.42 Å². The molecule has 0 aliphatic carbocycles. The van der Waals surface area contributed by atoms with E-state index in [0.717, 1.165) is 6.07 Å². The van der Waals surface area contributed by atoms with Crippen molar-refractivity contribution in [1.82, 2.24) is 4.98 Å². The van der Waals surface area contributed by atoms with Crippen LogP contribution in [0, 0.1) is 23.4 Å². The molecule has 0 bridgehead atoms. The number of nitrogens with one attached hydrogen (secondary N) is 1. The van der Waals surface area contributed by atoms with E-state index in [4.69, 9.17) is 5.84 Å². The number of anilines is 1. The molecule has 3 N–H and O–H groups in total. The van der Waals surface area contributed by atoms with Crippen molar-refractivity contribution in [3.8, 4) is 0 Å². The fourth-order valence-electron chi connectivity index (χ4n) is 1.96. The smallest absolute Gasteiger partial charge is 0.196 e. The first kappa shape index (κ1) is 13.6. The molecule has 1 aromatic heterocycles. The van der Waals surface area contributed by atoms with Gasteiger partial charge in [-0.2, -0.15) is 0 Å². The third kappa shape index (κ3) is 2.49. The van der Waals surface area contributed by atoms with E-state index in [2.05, 4.69) is 10.4 Å². The number of rotatable bonds is 3. The van der Waals surface area contributed by atoms with Crippen LogP contribution >= 0.6 is 0 Å². The van der Waals surface area contributed by atoms with Crippen LogP contribution in [0.1, 0.15) is 19.5 Å². The van der Waals surface area contributed by atoms with E-state index < -0.39 is 17.5 Å². The van der Waals surface area contributed by atoms with Gasteiger partial charge in [0.1, 0.15) is 5.52 Å². The predicted molar refractivity (Wildman–Crippen MR) is 68.0 cm³/mol. The lowest BCUT2D eigenvalue weighted by Crippen LogP contribution is -2.10. The van der Waals surface area contributed by atoms with Gasteiger partial charge in [0.2, 0.25) is 0 Å². The van der Waals surface area contributed by atoms with Crippen LogP contribution in [0.2, 0.25) is 0 Å². The van der Waals surface area contributed by atoms with Crippen molar-refractivity contribution >= 4 is 16.6 Å². The molecule has 0 fully saturated rings. The summed E-state index contributed by atoms with van der Waals surface area (Å²) in [6, 6.07) is 2.49. The monoisotopic (exact) mass is 269 g/mol. The third-order valence-electron chi connectivity index (χ3n) is 2.77. The number of pyridine rings is 1. The zero-order valence-electron chi connectivity index (χ0n) is 10.6. The number of hydrogen-bond donors (Lipinski definition) is 2. The molecule has 0 radical (unpaired) electrons. The zero-order chi connectivity index (χ0) is 14.2. The molecule has 102 valence electrons. The summed E-state index contributed by atoms with van der Waals surface area (Å²) in [7, 11) is 0. The first-order valence-corrected chi connectivity index (χ1v) is 5.87. The van der Waals surface area contributed by atoms with Gasteiger partial charge in [0, 0.05) is 11.1 Å². The molecule has 1 heterocycles. The maximum absolute atomic E-state index is 13.7. The van der Waals surface area contributed by atoms with E-state index in [-0.39, 0.29) is 10.9 Å². The van der Waals surface area contributed by atoms with Gasteiger partial charge in [-0.1, -0.05) is 13.8 Å². The van der Waals surface area contributed by atoms with Crippen LogP contribution < -0.4 is 11.3 Å².